The highest BCUT2D eigenvalue weighted by atomic mass is 32.2. The fourth-order valence-electron chi connectivity index (χ4n) is 1.79. The number of rotatable bonds is 4. The van der Waals surface area contributed by atoms with Crippen molar-refractivity contribution in [3.05, 3.63) is 60.8 Å². The Morgan fingerprint density at radius 1 is 1.25 bits per heavy atom. The molecule has 1 nitrogen and oxygen atoms in total. The number of aromatic nitrogens is 1. The van der Waals surface area contributed by atoms with Crippen LogP contribution in [0.3, 0.4) is 0 Å². The first-order chi connectivity index (χ1) is 7.86. The molecule has 1 heterocycles. The van der Waals surface area contributed by atoms with E-state index in [0.717, 1.165) is 6.42 Å². The van der Waals surface area contributed by atoms with Crippen molar-refractivity contribution in [2.24, 2.45) is 0 Å². The molecule has 0 fully saturated rings. The molecule has 16 heavy (non-hydrogen) atoms. The van der Waals surface area contributed by atoms with Gasteiger partial charge in [-0.2, -0.15) is 0 Å². The smallest absolute Gasteiger partial charge is 0.0826 e. The first kappa shape index (κ1) is 11.1. The van der Waals surface area contributed by atoms with Crippen molar-refractivity contribution in [1.82, 2.24) is 4.57 Å². The third-order valence-electron chi connectivity index (χ3n) is 2.51. The van der Waals surface area contributed by atoms with Crippen molar-refractivity contribution in [1.29, 1.82) is 0 Å². The minimum atomic E-state index is 0.927. The van der Waals surface area contributed by atoms with Gasteiger partial charge in [0.15, 0.2) is 0 Å². The standard InChI is InChI=1S/C14H15NS/c1-3-7-12-10-11-15(14(12)16-2)13-8-5-4-6-9-13/h3-6,8-11H,1,7H2,2H3. The lowest BCUT2D eigenvalue weighted by Gasteiger charge is -2.08. The van der Waals surface area contributed by atoms with Crippen LogP contribution in [0.25, 0.3) is 5.69 Å². The van der Waals surface area contributed by atoms with Crippen LogP contribution in [0.4, 0.5) is 0 Å². The first-order valence-electron chi connectivity index (χ1n) is 5.27. The predicted molar refractivity (Wildman–Crippen MR) is 71.5 cm³/mol. The molecule has 82 valence electrons. The van der Waals surface area contributed by atoms with Gasteiger partial charge in [0, 0.05) is 11.9 Å². The fourth-order valence-corrected chi connectivity index (χ4v) is 2.57. The summed E-state index contributed by atoms with van der Waals surface area (Å²) in [5.41, 5.74) is 2.55. The van der Waals surface area contributed by atoms with Crippen LogP contribution in [0.2, 0.25) is 0 Å². The van der Waals surface area contributed by atoms with Crippen LogP contribution in [0.1, 0.15) is 5.56 Å². The molecule has 2 heteroatoms. The zero-order valence-corrected chi connectivity index (χ0v) is 10.2. The monoisotopic (exact) mass is 229 g/mol. The average Bonchev–Trinajstić information content (AvgIpc) is 2.73. The van der Waals surface area contributed by atoms with Gasteiger partial charge >= 0.3 is 0 Å². The van der Waals surface area contributed by atoms with E-state index in [1.54, 1.807) is 11.8 Å². The highest BCUT2D eigenvalue weighted by molar-refractivity contribution is 7.98. The second kappa shape index (κ2) is 5.08. The summed E-state index contributed by atoms with van der Waals surface area (Å²) in [4.78, 5) is 0. The zero-order valence-electron chi connectivity index (χ0n) is 9.39. The van der Waals surface area contributed by atoms with Crippen molar-refractivity contribution in [2.75, 3.05) is 6.26 Å². The molecule has 1 aromatic heterocycles. The maximum absolute atomic E-state index is 3.79. The highest BCUT2D eigenvalue weighted by Crippen LogP contribution is 2.26. The zero-order chi connectivity index (χ0) is 11.4. The Morgan fingerprint density at radius 2 is 2.00 bits per heavy atom. The van der Waals surface area contributed by atoms with Crippen LogP contribution in [0, 0.1) is 0 Å². The largest absolute Gasteiger partial charge is 0.311 e. The summed E-state index contributed by atoms with van der Waals surface area (Å²) in [6.45, 7) is 3.79. The van der Waals surface area contributed by atoms with Crippen LogP contribution in [0.5, 0.6) is 0 Å². The Hall–Kier alpha value is -1.41. The molecule has 1 aromatic carbocycles. The molecule has 2 aromatic rings. The van der Waals surface area contributed by atoms with Crippen molar-refractivity contribution < 1.29 is 0 Å². The van der Waals surface area contributed by atoms with Crippen molar-refractivity contribution in [2.45, 2.75) is 11.4 Å². The van der Waals surface area contributed by atoms with Crippen LogP contribution in [-0.4, -0.2) is 10.8 Å². The maximum atomic E-state index is 3.79. The van der Waals surface area contributed by atoms with E-state index >= 15 is 0 Å². The lowest BCUT2D eigenvalue weighted by Crippen LogP contribution is -1.94. The van der Waals surface area contributed by atoms with E-state index in [1.165, 1.54) is 16.3 Å². The minimum Gasteiger partial charge on any atom is -0.311 e. The molecule has 0 aliphatic rings. The molecule has 0 saturated carbocycles. The van der Waals surface area contributed by atoms with E-state index < -0.39 is 0 Å². The number of nitrogens with zero attached hydrogens (tertiary/aromatic N) is 1. The molecule has 0 radical (unpaired) electrons. The third-order valence-corrected chi connectivity index (χ3v) is 3.36. The third kappa shape index (κ3) is 2.07. The van der Waals surface area contributed by atoms with Crippen LogP contribution in [-0.2, 0) is 6.42 Å². The second-order valence-corrected chi connectivity index (χ2v) is 4.34. The van der Waals surface area contributed by atoms with Gasteiger partial charge < -0.3 is 4.57 Å². The van der Waals surface area contributed by atoms with Gasteiger partial charge in [-0.3, -0.25) is 0 Å². The van der Waals surface area contributed by atoms with Gasteiger partial charge in [-0.25, -0.2) is 0 Å². The molecule has 0 N–H and O–H groups in total. The van der Waals surface area contributed by atoms with E-state index in [1.807, 2.05) is 12.1 Å². The summed E-state index contributed by atoms with van der Waals surface area (Å²) in [6.07, 6.45) is 7.11. The summed E-state index contributed by atoms with van der Waals surface area (Å²) >= 11 is 1.78. The first-order valence-corrected chi connectivity index (χ1v) is 6.50. The Morgan fingerprint density at radius 3 is 2.62 bits per heavy atom. The summed E-state index contributed by atoms with van der Waals surface area (Å²) in [5, 5.41) is 1.30. The van der Waals surface area contributed by atoms with E-state index in [-0.39, 0.29) is 0 Å². The molecule has 0 aliphatic carbocycles. The summed E-state index contributed by atoms with van der Waals surface area (Å²) in [6, 6.07) is 12.6. The maximum Gasteiger partial charge on any atom is 0.0826 e. The molecule has 0 aliphatic heterocycles. The van der Waals surface area contributed by atoms with Crippen molar-refractivity contribution >= 4 is 11.8 Å². The van der Waals surface area contributed by atoms with Crippen molar-refractivity contribution in [3.8, 4) is 5.69 Å². The average molecular weight is 229 g/mol. The molecular formula is C14H15NS. The van der Waals surface area contributed by atoms with Crippen LogP contribution >= 0.6 is 11.8 Å². The molecule has 2 rings (SSSR count). The van der Waals surface area contributed by atoms with Crippen LogP contribution < -0.4 is 0 Å². The lowest BCUT2D eigenvalue weighted by atomic mass is 10.2. The van der Waals surface area contributed by atoms with Gasteiger partial charge in [0.2, 0.25) is 0 Å². The highest BCUT2D eigenvalue weighted by Gasteiger charge is 2.07. The number of benzene rings is 1. The number of para-hydroxylation sites is 1. The van der Waals surface area contributed by atoms with Gasteiger partial charge in [-0.1, -0.05) is 24.3 Å². The number of thioether (sulfide) groups is 1. The molecule has 0 unspecified atom stereocenters. The quantitative estimate of drug-likeness (QED) is 0.568. The molecule has 0 atom stereocenters. The lowest BCUT2D eigenvalue weighted by molar-refractivity contribution is 0.934. The fraction of sp³-hybridized carbons (Fsp3) is 0.143. The van der Waals surface area contributed by atoms with E-state index in [2.05, 4.69) is 53.9 Å². The van der Waals surface area contributed by atoms with E-state index in [0.29, 0.717) is 0 Å². The number of allylic oxidation sites excluding steroid dienone is 1. The Kier molecular flexibility index (Phi) is 3.52. The Labute approximate surface area is 101 Å². The SMILES string of the molecule is C=CCc1ccn(-c2ccccc2)c1SC. The Bertz CT molecular complexity index is 471. The number of hydrogen-bond acceptors (Lipinski definition) is 1. The Balaban J connectivity index is 2.45. The number of hydrogen-bond donors (Lipinski definition) is 0. The molecule has 0 bridgehead atoms. The molecule has 0 saturated heterocycles. The summed E-state index contributed by atoms with van der Waals surface area (Å²) in [5.74, 6) is 0. The van der Waals surface area contributed by atoms with Crippen molar-refractivity contribution in [3.63, 3.8) is 0 Å². The van der Waals surface area contributed by atoms with Gasteiger partial charge in [-0.15, -0.1) is 18.3 Å². The van der Waals surface area contributed by atoms with Gasteiger partial charge in [0.1, 0.15) is 0 Å². The molecular weight excluding hydrogens is 214 g/mol. The van der Waals surface area contributed by atoms with Crippen LogP contribution in [0.15, 0.2) is 60.3 Å². The second-order valence-electron chi connectivity index (χ2n) is 3.55. The normalized spacial score (nSPS) is 10.3. The molecule has 0 spiro atoms. The van der Waals surface area contributed by atoms with E-state index in [4.69, 9.17) is 0 Å². The summed E-state index contributed by atoms with van der Waals surface area (Å²) in [7, 11) is 0. The topological polar surface area (TPSA) is 4.93 Å². The summed E-state index contributed by atoms with van der Waals surface area (Å²) < 4.78 is 2.23. The minimum absolute atomic E-state index is 0.927. The van der Waals surface area contributed by atoms with Gasteiger partial charge in [-0.05, 0) is 36.4 Å². The van der Waals surface area contributed by atoms with Gasteiger partial charge in [0.05, 0.1) is 5.03 Å². The van der Waals surface area contributed by atoms with Gasteiger partial charge in [0.25, 0.3) is 0 Å². The van der Waals surface area contributed by atoms with E-state index in [9.17, 15) is 0 Å². The molecule has 0 amide bonds. The predicted octanol–water partition coefficient (Wildman–Crippen LogP) is 3.93.